The molecule has 0 spiro atoms. The molecule has 0 atom stereocenters. The summed E-state index contributed by atoms with van der Waals surface area (Å²) in [6, 6.07) is 1.92. The second kappa shape index (κ2) is 10.9. The van der Waals surface area contributed by atoms with E-state index in [0.717, 1.165) is 12.1 Å². The maximum absolute atomic E-state index is 10.7. The zero-order valence-corrected chi connectivity index (χ0v) is 11.7. The van der Waals surface area contributed by atoms with Gasteiger partial charge in [0, 0.05) is 28.8 Å². The van der Waals surface area contributed by atoms with Gasteiger partial charge in [-0.15, -0.1) is 0 Å². The molecular formula is C11H22O4Si. The lowest BCUT2D eigenvalue weighted by Crippen LogP contribution is -2.19. The largest absolute Gasteiger partial charge is 0.463 e. The molecule has 0 radical (unpaired) electrons. The van der Waals surface area contributed by atoms with Gasteiger partial charge >= 0.3 is 5.97 Å². The van der Waals surface area contributed by atoms with Gasteiger partial charge in [0.05, 0.1) is 6.61 Å². The summed E-state index contributed by atoms with van der Waals surface area (Å²) in [7, 11) is -0.289. The van der Waals surface area contributed by atoms with E-state index in [0.29, 0.717) is 19.8 Å². The Hall–Kier alpha value is -0.653. The number of carbonyl (C=O) groups excluding carboxylic acids is 1. The van der Waals surface area contributed by atoms with E-state index in [-0.39, 0.29) is 21.8 Å². The summed E-state index contributed by atoms with van der Waals surface area (Å²) in [5.74, 6) is -0.347. The molecule has 0 amide bonds. The molecule has 0 saturated heterocycles. The van der Waals surface area contributed by atoms with Gasteiger partial charge in [-0.05, 0) is 25.9 Å². The summed E-state index contributed by atoms with van der Waals surface area (Å²) in [5, 5.41) is 0. The van der Waals surface area contributed by atoms with Crippen molar-refractivity contribution in [3.05, 3.63) is 12.7 Å². The van der Waals surface area contributed by atoms with E-state index in [4.69, 9.17) is 14.2 Å². The van der Waals surface area contributed by atoms with Crippen LogP contribution in [0.5, 0.6) is 0 Å². The summed E-state index contributed by atoms with van der Waals surface area (Å²) >= 11 is 0. The lowest BCUT2D eigenvalue weighted by Gasteiger charge is -2.16. The minimum absolute atomic E-state index is 0.0724. The molecule has 0 bridgehead atoms. The first-order chi connectivity index (χ1) is 7.74. The van der Waals surface area contributed by atoms with Crippen LogP contribution in [0.2, 0.25) is 12.1 Å². The Kier molecular flexibility index (Phi) is 10.4. The van der Waals surface area contributed by atoms with Crippen LogP contribution in [0, 0.1) is 0 Å². The fourth-order valence-electron chi connectivity index (χ4n) is 1.23. The summed E-state index contributed by atoms with van der Waals surface area (Å²) in [6.45, 7) is 9.08. The molecule has 0 aromatic heterocycles. The van der Waals surface area contributed by atoms with Gasteiger partial charge in [0.2, 0.25) is 0 Å². The molecule has 5 heteroatoms. The first kappa shape index (κ1) is 15.3. The minimum Gasteiger partial charge on any atom is -0.463 e. The highest BCUT2D eigenvalue weighted by atomic mass is 28.2. The average Bonchev–Trinajstić information content (AvgIpc) is 2.28. The molecule has 0 fully saturated rings. The van der Waals surface area contributed by atoms with Gasteiger partial charge in [-0.2, -0.15) is 0 Å². The molecule has 0 heterocycles. The van der Waals surface area contributed by atoms with Crippen molar-refractivity contribution in [1.29, 1.82) is 0 Å². The highest BCUT2D eigenvalue weighted by Crippen LogP contribution is 2.02. The van der Waals surface area contributed by atoms with E-state index < -0.39 is 0 Å². The fraction of sp³-hybridized carbons (Fsp3) is 0.727. The predicted molar refractivity (Wildman–Crippen MR) is 66.4 cm³/mol. The van der Waals surface area contributed by atoms with Crippen molar-refractivity contribution < 1.29 is 19.0 Å². The van der Waals surface area contributed by atoms with Crippen molar-refractivity contribution in [3.8, 4) is 0 Å². The molecule has 0 aromatic carbocycles. The van der Waals surface area contributed by atoms with E-state index in [1.54, 1.807) is 0 Å². The second-order valence-corrected chi connectivity index (χ2v) is 5.20. The Labute approximate surface area is 99.8 Å². The van der Waals surface area contributed by atoms with Gasteiger partial charge in [-0.25, -0.2) is 4.79 Å². The maximum Gasteiger partial charge on any atom is 0.330 e. The zero-order chi connectivity index (χ0) is 12.2. The fourth-order valence-corrected chi connectivity index (χ4v) is 2.54. The van der Waals surface area contributed by atoms with Crippen LogP contribution in [0.4, 0.5) is 0 Å². The van der Waals surface area contributed by atoms with Crippen LogP contribution >= 0.6 is 0 Å². The first-order valence-electron chi connectivity index (χ1n) is 5.77. The third-order valence-corrected chi connectivity index (χ3v) is 3.62. The SMILES string of the molecule is C=CC(=O)OCC[SiH2]CC(OCC)OCC. The molecule has 0 saturated carbocycles. The quantitative estimate of drug-likeness (QED) is 0.190. The van der Waals surface area contributed by atoms with E-state index in [1.165, 1.54) is 6.08 Å². The molecular weight excluding hydrogens is 224 g/mol. The van der Waals surface area contributed by atoms with Crippen LogP contribution in [-0.4, -0.2) is 41.6 Å². The number of esters is 1. The molecule has 4 nitrogen and oxygen atoms in total. The molecule has 0 aromatic rings. The van der Waals surface area contributed by atoms with Gasteiger partial charge in [-0.1, -0.05) is 6.58 Å². The van der Waals surface area contributed by atoms with Crippen LogP contribution in [-0.2, 0) is 19.0 Å². The standard InChI is InChI=1S/C11H22O4Si/c1-4-10(12)15-7-8-16-9-11(13-5-2)14-6-3/h4,11H,1,5-9,16H2,2-3H3. The Balaban J connectivity index is 3.46. The Morgan fingerprint density at radius 2 is 2.00 bits per heavy atom. The molecule has 0 aliphatic rings. The van der Waals surface area contributed by atoms with Gasteiger partial charge < -0.3 is 14.2 Å². The number of ether oxygens (including phenoxy) is 3. The van der Waals surface area contributed by atoms with Crippen LogP contribution in [0.1, 0.15) is 13.8 Å². The summed E-state index contributed by atoms with van der Waals surface area (Å²) in [6.07, 6.45) is 1.11. The van der Waals surface area contributed by atoms with Gasteiger partial charge in [-0.3, -0.25) is 0 Å². The summed E-state index contributed by atoms with van der Waals surface area (Å²) < 4.78 is 15.7. The van der Waals surface area contributed by atoms with Crippen molar-refractivity contribution in [1.82, 2.24) is 0 Å². The van der Waals surface area contributed by atoms with Crippen molar-refractivity contribution >= 4 is 15.5 Å². The van der Waals surface area contributed by atoms with Crippen LogP contribution < -0.4 is 0 Å². The topological polar surface area (TPSA) is 44.8 Å². The van der Waals surface area contributed by atoms with Crippen molar-refractivity contribution in [2.24, 2.45) is 0 Å². The average molecular weight is 246 g/mol. The van der Waals surface area contributed by atoms with Crippen molar-refractivity contribution in [3.63, 3.8) is 0 Å². The highest BCUT2D eigenvalue weighted by molar-refractivity contribution is 6.35. The number of rotatable bonds is 10. The third kappa shape index (κ3) is 8.64. The van der Waals surface area contributed by atoms with E-state index >= 15 is 0 Å². The van der Waals surface area contributed by atoms with Crippen LogP contribution in [0.25, 0.3) is 0 Å². The van der Waals surface area contributed by atoms with Crippen molar-refractivity contribution in [2.75, 3.05) is 19.8 Å². The Morgan fingerprint density at radius 3 is 2.50 bits per heavy atom. The van der Waals surface area contributed by atoms with Gasteiger partial charge in [0.25, 0.3) is 0 Å². The zero-order valence-electron chi connectivity index (χ0n) is 10.2. The Bertz CT molecular complexity index is 190. The smallest absolute Gasteiger partial charge is 0.330 e. The van der Waals surface area contributed by atoms with E-state index in [1.807, 2.05) is 13.8 Å². The molecule has 0 rings (SSSR count). The number of hydrogen-bond acceptors (Lipinski definition) is 4. The number of hydrogen-bond donors (Lipinski definition) is 0. The molecule has 0 N–H and O–H groups in total. The molecule has 0 aliphatic heterocycles. The van der Waals surface area contributed by atoms with Crippen molar-refractivity contribution in [2.45, 2.75) is 32.2 Å². The predicted octanol–water partition coefficient (Wildman–Crippen LogP) is 1.12. The van der Waals surface area contributed by atoms with E-state index in [9.17, 15) is 4.79 Å². The maximum atomic E-state index is 10.7. The van der Waals surface area contributed by atoms with E-state index in [2.05, 4.69) is 6.58 Å². The molecule has 94 valence electrons. The normalized spacial score (nSPS) is 11.2. The summed E-state index contributed by atoms with van der Waals surface area (Å²) in [4.78, 5) is 10.7. The molecule has 0 aliphatic carbocycles. The van der Waals surface area contributed by atoms with Gasteiger partial charge in [0.15, 0.2) is 6.29 Å². The Morgan fingerprint density at radius 1 is 1.38 bits per heavy atom. The summed E-state index contributed by atoms with van der Waals surface area (Å²) in [5.41, 5.74) is 0. The first-order valence-corrected chi connectivity index (χ1v) is 7.77. The monoisotopic (exact) mass is 246 g/mol. The van der Waals surface area contributed by atoms with Crippen LogP contribution in [0.15, 0.2) is 12.7 Å². The highest BCUT2D eigenvalue weighted by Gasteiger charge is 2.07. The lowest BCUT2D eigenvalue weighted by atomic mass is 10.6. The third-order valence-electron chi connectivity index (χ3n) is 1.95. The molecule has 16 heavy (non-hydrogen) atoms. The van der Waals surface area contributed by atoms with Gasteiger partial charge in [0.1, 0.15) is 0 Å². The lowest BCUT2D eigenvalue weighted by molar-refractivity contribution is -0.137. The minimum atomic E-state index is -0.347. The van der Waals surface area contributed by atoms with Crippen LogP contribution in [0.3, 0.4) is 0 Å². The molecule has 0 unspecified atom stereocenters. The number of carbonyl (C=O) groups is 1. The second-order valence-electron chi connectivity index (χ2n) is 3.21.